The molecule has 1 aliphatic rings. The van der Waals surface area contributed by atoms with Gasteiger partial charge in [-0.1, -0.05) is 60.7 Å². The number of ether oxygens (including phenoxy) is 1. The summed E-state index contributed by atoms with van der Waals surface area (Å²) in [5.74, 6) is 0.880. The van der Waals surface area contributed by atoms with Crippen LogP contribution in [0, 0.1) is 0 Å². The zero-order chi connectivity index (χ0) is 24.9. The Morgan fingerprint density at radius 1 is 0.944 bits per heavy atom. The van der Waals surface area contributed by atoms with Gasteiger partial charge in [-0.25, -0.2) is 10.2 Å². The van der Waals surface area contributed by atoms with E-state index in [9.17, 15) is 9.59 Å². The van der Waals surface area contributed by atoms with Crippen molar-refractivity contribution in [1.82, 2.24) is 5.43 Å². The molecule has 0 bridgehead atoms. The van der Waals surface area contributed by atoms with Crippen LogP contribution in [0.4, 0.5) is 0 Å². The van der Waals surface area contributed by atoms with Gasteiger partial charge in [-0.15, -0.1) is 11.8 Å². The molecule has 0 unspecified atom stereocenters. The number of hydrogen-bond donors (Lipinski definition) is 1. The number of amides is 1. The predicted octanol–water partition coefficient (Wildman–Crippen LogP) is 6.08. The number of benzene rings is 3. The number of nitrogens with one attached hydrogen (secondary N) is 1. The summed E-state index contributed by atoms with van der Waals surface area (Å²) in [6.07, 6.45) is 1.47. The van der Waals surface area contributed by atoms with Crippen LogP contribution in [-0.2, 0) is 9.53 Å². The van der Waals surface area contributed by atoms with Crippen LogP contribution in [-0.4, -0.2) is 30.5 Å². The maximum Gasteiger partial charge on any atom is 0.338 e. The van der Waals surface area contributed by atoms with Gasteiger partial charge in [-0.2, -0.15) is 5.10 Å². The van der Waals surface area contributed by atoms with Crippen LogP contribution in [0.2, 0.25) is 0 Å². The Balaban J connectivity index is 1.16. The van der Waals surface area contributed by atoms with Gasteiger partial charge in [-0.05, 0) is 53.4 Å². The van der Waals surface area contributed by atoms with Crippen molar-refractivity contribution in [2.45, 2.75) is 12.2 Å². The smallest absolute Gasteiger partial charge is 0.338 e. The minimum Gasteiger partial charge on any atom is -0.462 e. The lowest BCUT2D eigenvalue weighted by Crippen LogP contribution is -2.20. The van der Waals surface area contributed by atoms with Crippen molar-refractivity contribution in [2.75, 3.05) is 12.4 Å². The standard InChI is InChI=1S/C29H24N2O4S/c1-2-34-29(33)20-13-11-19(12-14-20)26-16-15-21(35-26)17-30-31-27(32)18-36-28-24-9-5-3-7-22(24)23-8-4-6-10-25(23)28/h3-17,28H,2,18H2,1H3,(H,31,32). The van der Waals surface area contributed by atoms with Crippen LogP contribution in [0.3, 0.4) is 0 Å². The highest BCUT2D eigenvalue weighted by atomic mass is 32.2. The summed E-state index contributed by atoms with van der Waals surface area (Å²) in [5, 5.41) is 4.17. The number of furan rings is 1. The Labute approximate surface area is 213 Å². The Morgan fingerprint density at radius 2 is 1.61 bits per heavy atom. The summed E-state index contributed by atoms with van der Waals surface area (Å²) >= 11 is 1.59. The molecule has 1 amide bonds. The lowest BCUT2D eigenvalue weighted by Gasteiger charge is -2.12. The molecule has 0 spiro atoms. The normalized spacial score (nSPS) is 12.4. The van der Waals surface area contributed by atoms with Crippen molar-refractivity contribution >= 4 is 29.9 Å². The topological polar surface area (TPSA) is 80.9 Å². The third-order valence-corrected chi connectivity index (χ3v) is 7.12. The second-order valence-electron chi connectivity index (χ2n) is 8.16. The van der Waals surface area contributed by atoms with E-state index >= 15 is 0 Å². The molecule has 0 radical (unpaired) electrons. The van der Waals surface area contributed by atoms with E-state index in [1.807, 2.05) is 30.3 Å². The molecule has 3 aromatic carbocycles. The quantitative estimate of drug-likeness (QED) is 0.182. The molecule has 6 nitrogen and oxygen atoms in total. The largest absolute Gasteiger partial charge is 0.462 e. The van der Waals surface area contributed by atoms with Crippen LogP contribution in [0.5, 0.6) is 0 Å². The van der Waals surface area contributed by atoms with Crippen molar-refractivity contribution < 1.29 is 18.7 Å². The average molecular weight is 497 g/mol. The number of rotatable bonds is 8. The highest BCUT2D eigenvalue weighted by molar-refractivity contribution is 8.00. The van der Waals surface area contributed by atoms with E-state index in [-0.39, 0.29) is 22.9 Å². The molecule has 0 saturated carbocycles. The van der Waals surface area contributed by atoms with Crippen LogP contribution in [0.25, 0.3) is 22.5 Å². The molecule has 0 atom stereocenters. The monoisotopic (exact) mass is 496 g/mol. The summed E-state index contributed by atoms with van der Waals surface area (Å²) in [5.41, 5.74) is 8.82. The molecule has 1 aromatic heterocycles. The van der Waals surface area contributed by atoms with Crippen LogP contribution in [0.1, 0.15) is 39.4 Å². The second kappa shape index (κ2) is 10.7. The van der Waals surface area contributed by atoms with Gasteiger partial charge in [0.05, 0.1) is 29.4 Å². The molecular weight excluding hydrogens is 472 g/mol. The molecule has 1 aliphatic carbocycles. The molecule has 5 rings (SSSR count). The Bertz CT molecular complexity index is 1380. The summed E-state index contributed by atoms with van der Waals surface area (Å²) in [4.78, 5) is 24.3. The van der Waals surface area contributed by atoms with Crippen LogP contribution >= 0.6 is 11.8 Å². The average Bonchev–Trinajstić information content (AvgIpc) is 3.51. The highest BCUT2D eigenvalue weighted by Gasteiger charge is 2.28. The Kier molecular flexibility index (Phi) is 7.00. The van der Waals surface area contributed by atoms with E-state index in [1.165, 1.54) is 28.5 Å². The number of thioether (sulfide) groups is 1. The van der Waals surface area contributed by atoms with Crippen molar-refractivity contribution in [1.29, 1.82) is 0 Å². The fourth-order valence-corrected chi connectivity index (χ4v) is 5.36. The van der Waals surface area contributed by atoms with Crippen molar-refractivity contribution in [3.8, 4) is 22.5 Å². The molecule has 0 aliphatic heterocycles. The van der Waals surface area contributed by atoms with E-state index in [0.29, 0.717) is 23.7 Å². The van der Waals surface area contributed by atoms with Crippen molar-refractivity contribution in [3.05, 3.63) is 107 Å². The number of fused-ring (bicyclic) bond motifs is 3. The van der Waals surface area contributed by atoms with Gasteiger partial charge < -0.3 is 9.15 Å². The molecule has 180 valence electrons. The van der Waals surface area contributed by atoms with E-state index < -0.39 is 0 Å². The van der Waals surface area contributed by atoms with Gasteiger partial charge in [0, 0.05) is 5.56 Å². The number of carbonyl (C=O) groups is 2. The lowest BCUT2D eigenvalue weighted by atomic mass is 10.1. The zero-order valence-corrected chi connectivity index (χ0v) is 20.5. The molecule has 0 saturated heterocycles. The predicted molar refractivity (Wildman–Crippen MR) is 142 cm³/mol. The molecule has 1 N–H and O–H groups in total. The van der Waals surface area contributed by atoms with Crippen molar-refractivity contribution in [3.63, 3.8) is 0 Å². The third-order valence-electron chi connectivity index (χ3n) is 5.85. The number of carbonyl (C=O) groups excluding carboxylic acids is 2. The highest BCUT2D eigenvalue weighted by Crippen LogP contribution is 2.49. The van der Waals surface area contributed by atoms with Crippen LogP contribution in [0.15, 0.2) is 94.4 Å². The fourth-order valence-electron chi connectivity index (χ4n) is 4.21. The van der Waals surface area contributed by atoms with E-state index in [0.717, 1.165) is 5.56 Å². The molecule has 1 heterocycles. The fraction of sp³-hybridized carbons (Fsp3) is 0.138. The molecule has 0 fully saturated rings. The minimum atomic E-state index is -0.355. The molecular formula is C29H24N2O4S. The first-order valence-electron chi connectivity index (χ1n) is 11.6. The first kappa shape index (κ1) is 23.6. The summed E-state index contributed by atoms with van der Waals surface area (Å²) in [7, 11) is 0. The third kappa shape index (κ3) is 4.97. The molecule has 4 aromatic rings. The SMILES string of the molecule is CCOC(=O)c1ccc(-c2ccc(C=NNC(=O)CSC3c4ccccc4-c4ccccc43)o2)cc1. The lowest BCUT2D eigenvalue weighted by molar-refractivity contribution is -0.118. The van der Waals surface area contributed by atoms with E-state index in [2.05, 4.69) is 34.8 Å². The Morgan fingerprint density at radius 3 is 2.28 bits per heavy atom. The maximum atomic E-state index is 12.5. The van der Waals surface area contributed by atoms with Gasteiger partial charge in [0.15, 0.2) is 0 Å². The zero-order valence-electron chi connectivity index (χ0n) is 19.6. The summed E-state index contributed by atoms with van der Waals surface area (Å²) in [6, 6.07) is 27.2. The van der Waals surface area contributed by atoms with Gasteiger partial charge in [0.2, 0.25) is 5.91 Å². The summed E-state index contributed by atoms with van der Waals surface area (Å²) < 4.78 is 10.8. The minimum absolute atomic E-state index is 0.120. The first-order valence-corrected chi connectivity index (χ1v) is 12.7. The Hall–Kier alpha value is -4.10. The number of nitrogens with zero attached hydrogens (tertiary/aromatic N) is 1. The molecule has 36 heavy (non-hydrogen) atoms. The molecule has 7 heteroatoms. The van der Waals surface area contributed by atoms with Gasteiger partial charge >= 0.3 is 5.97 Å². The van der Waals surface area contributed by atoms with E-state index in [4.69, 9.17) is 9.15 Å². The van der Waals surface area contributed by atoms with Gasteiger partial charge in [0.1, 0.15) is 11.5 Å². The number of esters is 1. The van der Waals surface area contributed by atoms with E-state index in [1.54, 1.807) is 49.0 Å². The second-order valence-corrected chi connectivity index (χ2v) is 9.25. The first-order chi connectivity index (χ1) is 17.6. The number of hydrogen-bond acceptors (Lipinski definition) is 6. The van der Waals surface area contributed by atoms with Crippen LogP contribution < -0.4 is 5.43 Å². The number of hydrazone groups is 1. The van der Waals surface area contributed by atoms with Crippen molar-refractivity contribution in [2.24, 2.45) is 5.10 Å². The maximum absolute atomic E-state index is 12.5. The van der Waals surface area contributed by atoms with Gasteiger partial charge in [-0.3, -0.25) is 4.79 Å². The summed E-state index contributed by atoms with van der Waals surface area (Å²) in [6.45, 7) is 2.10. The van der Waals surface area contributed by atoms with Gasteiger partial charge in [0.25, 0.3) is 0 Å².